The second kappa shape index (κ2) is 8.29. The number of carbonyl (C=O) groups is 1. The quantitative estimate of drug-likeness (QED) is 0.688. The number of benzene rings is 1. The van der Waals surface area contributed by atoms with Crippen LogP contribution in [0.1, 0.15) is 18.4 Å². The van der Waals surface area contributed by atoms with Crippen LogP contribution in [0.15, 0.2) is 42.9 Å². The third-order valence-electron chi connectivity index (χ3n) is 5.30. The maximum atomic E-state index is 12.7. The Labute approximate surface area is 164 Å². The van der Waals surface area contributed by atoms with E-state index in [-0.39, 0.29) is 11.8 Å². The van der Waals surface area contributed by atoms with Gasteiger partial charge < -0.3 is 19.9 Å². The lowest BCUT2D eigenvalue weighted by Crippen LogP contribution is -2.44. The number of rotatable bonds is 6. The maximum absolute atomic E-state index is 12.7. The summed E-state index contributed by atoms with van der Waals surface area (Å²) in [6.45, 7) is 2.17. The molecule has 0 radical (unpaired) electrons. The zero-order chi connectivity index (χ0) is 19.3. The molecule has 1 aliphatic rings. The summed E-state index contributed by atoms with van der Waals surface area (Å²) in [7, 11) is 1.67. The molecule has 4 rings (SSSR count). The number of nitrogens with zero attached hydrogens (tertiary/aromatic N) is 3. The monoisotopic (exact) mass is 379 g/mol. The van der Waals surface area contributed by atoms with Crippen molar-refractivity contribution in [2.24, 2.45) is 5.92 Å². The van der Waals surface area contributed by atoms with Gasteiger partial charge in [0.1, 0.15) is 5.75 Å². The molecule has 1 amide bonds. The first kappa shape index (κ1) is 18.3. The molecule has 7 nitrogen and oxygen atoms in total. The average molecular weight is 379 g/mol. The van der Waals surface area contributed by atoms with Gasteiger partial charge in [-0.2, -0.15) is 0 Å². The number of H-pyrrole nitrogens is 1. The fraction of sp³-hybridized carbons (Fsp3) is 0.381. The van der Waals surface area contributed by atoms with E-state index in [0.717, 1.165) is 42.5 Å². The van der Waals surface area contributed by atoms with Gasteiger partial charge in [-0.1, -0.05) is 0 Å². The highest BCUT2D eigenvalue weighted by molar-refractivity contribution is 5.85. The van der Waals surface area contributed by atoms with Crippen LogP contribution in [0.5, 0.6) is 5.75 Å². The van der Waals surface area contributed by atoms with Gasteiger partial charge in [0.05, 0.1) is 13.0 Å². The molecule has 7 heteroatoms. The minimum Gasteiger partial charge on any atom is -0.497 e. The highest BCUT2D eigenvalue weighted by atomic mass is 16.5. The number of hydrogen-bond donors (Lipinski definition) is 2. The number of aromatic amines is 1. The number of methoxy groups -OCH3 is 1. The van der Waals surface area contributed by atoms with Crippen LogP contribution >= 0.6 is 0 Å². The Hall–Kier alpha value is -3.09. The van der Waals surface area contributed by atoms with Gasteiger partial charge in [-0.05, 0) is 49.1 Å². The second-order valence-electron chi connectivity index (χ2n) is 7.10. The Balaban J connectivity index is 1.33. The van der Waals surface area contributed by atoms with Crippen molar-refractivity contribution in [3.8, 4) is 5.75 Å². The minimum absolute atomic E-state index is 0.0272. The molecule has 2 N–H and O–H groups in total. The van der Waals surface area contributed by atoms with Crippen molar-refractivity contribution in [2.75, 3.05) is 31.6 Å². The van der Waals surface area contributed by atoms with Crippen LogP contribution in [0.2, 0.25) is 0 Å². The Morgan fingerprint density at radius 3 is 3.04 bits per heavy atom. The highest BCUT2D eigenvalue weighted by Crippen LogP contribution is 2.24. The van der Waals surface area contributed by atoms with Crippen molar-refractivity contribution in [2.45, 2.75) is 19.3 Å². The van der Waals surface area contributed by atoms with E-state index in [1.807, 2.05) is 24.4 Å². The fourth-order valence-electron chi connectivity index (χ4n) is 3.78. The summed E-state index contributed by atoms with van der Waals surface area (Å²) in [6.07, 6.45) is 8.13. The zero-order valence-electron chi connectivity index (χ0n) is 16.0. The Morgan fingerprint density at radius 1 is 1.36 bits per heavy atom. The number of fused-ring (bicyclic) bond motifs is 1. The van der Waals surface area contributed by atoms with Gasteiger partial charge in [-0.15, -0.1) is 0 Å². The molecule has 1 saturated heterocycles. The Kier molecular flexibility index (Phi) is 5.41. The van der Waals surface area contributed by atoms with Crippen molar-refractivity contribution in [1.29, 1.82) is 0 Å². The van der Waals surface area contributed by atoms with Crippen molar-refractivity contribution in [3.05, 3.63) is 48.4 Å². The number of aromatic nitrogens is 3. The van der Waals surface area contributed by atoms with Gasteiger partial charge in [0.2, 0.25) is 11.9 Å². The molecule has 3 heterocycles. The number of carbonyl (C=O) groups excluding carboxylic acids is 1. The molecular formula is C21H25N5O2. The summed E-state index contributed by atoms with van der Waals surface area (Å²) < 4.78 is 5.32. The highest BCUT2D eigenvalue weighted by Gasteiger charge is 2.26. The van der Waals surface area contributed by atoms with Crippen molar-refractivity contribution >= 4 is 22.8 Å². The van der Waals surface area contributed by atoms with Crippen LogP contribution in [0.4, 0.5) is 5.95 Å². The number of nitrogens with one attached hydrogen (secondary N) is 2. The van der Waals surface area contributed by atoms with E-state index in [2.05, 4.69) is 25.2 Å². The van der Waals surface area contributed by atoms with E-state index in [1.54, 1.807) is 25.6 Å². The normalized spacial score (nSPS) is 16.9. The maximum Gasteiger partial charge on any atom is 0.225 e. The second-order valence-corrected chi connectivity index (χ2v) is 7.10. The molecule has 1 aromatic carbocycles. The summed E-state index contributed by atoms with van der Waals surface area (Å²) in [5.41, 5.74) is 2.25. The third kappa shape index (κ3) is 3.93. The average Bonchev–Trinajstić information content (AvgIpc) is 3.16. The van der Waals surface area contributed by atoms with Gasteiger partial charge in [0, 0.05) is 49.1 Å². The number of hydrogen-bond acceptors (Lipinski definition) is 5. The molecule has 146 valence electrons. The molecule has 28 heavy (non-hydrogen) atoms. The molecular weight excluding hydrogens is 354 g/mol. The molecule has 0 spiro atoms. The molecule has 0 aliphatic carbocycles. The van der Waals surface area contributed by atoms with E-state index in [1.165, 1.54) is 5.56 Å². The third-order valence-corrected chi connectivity index (χ3v) is 5.30. The molecule has 1 unspecified atom stereocenters. The van der Waals surface area contributed by atoms with E-state index >= 15 is 0 Å². The van der Waals surface area contributed by atoms with Crippen LogP contribution in [0.25, 0.3) is 10.9 Å². The molecule has 2 aromatic heterocycles. The smallest absolute Gasteiger partial charge is 0.225 e. The number of ether oxygens (including phenoxy) is 1. The summed E-state index contributed by atoms with van der Waals surface area (Å²) in [5.74, 6) is 1.62. The Bertz CT molecular complexity index is 940. The van der Waals surface area contributed by atoms with E-state index in [4.69, 9.17) is 4.74 Å². The van der Waals surface area contributed by atoms with Crippen molar-refractivity contribution in [1.82, 2.24) is 20.3 Å². The predicted octanol–water partition coefficient (Wildman–Crippen LogP) is 2.54. The standard InChI is InChI=1S/C21H25N5O2/c1-28-17-5-6-19-18(12-17)15(13-25-19)7-10-22-20(27)16-4-2-11-26(14-16)21-23-8-3-9-24-21/h3,5-6,8-9,12-13,16,25H,2,4,7,10-11,14H2,1H3,(H,22,27). The number of anilines is 1. The zero-order valence-corrected chi connectivity index (χ0v) is 16.0. The SMILES string of the molecule is COc1ccc2[nH]cc(CCNC(=O)C3CCCN(c4ncccn4)C3)c2c1. The van der Waals surface area contributed by atoms with Crippen LogP contribution in [-0.2, 0) is 11.2 Å². The summed E-state index contributed by atoms with van der Waals surface area (Å²) >= 11 is 0. The van der Waals surface area contributed by atoms with Gasteiger partial charge in [0.15, 0.2) is 0 Å². The lowest BCUT2D eigenvalue weighted by Gasteiger charge is -2.31. The lowest BCUT2D eigenvalue weighted by atomic mass is 9.97. The van der Waals surface area contributed by atoms with Gasteiger partial charge in [-0.3, -0.25) is 4.79 Å². The first-order valence-corrected chi connectivity index (χ1v) is 9.68. The van der Waals surface area contributed by atoms with Gasteiger partial charge in [0.25, 0.3) is 0 Å². The van der Waals surface area contributed by atoms with E-state index in [9.17, 15) is 4.79 Å². The topological polar surface area (TPSA) is 83.1 Å². The Morgan fingerprint density at radius 2 is 2.21 bits per heavy atom. The van der Waals surface area contributed by atoms with Crippen LogP contribution in [0.3, 0.4) is 0 Å². The molecule has 1 aliphatic heterocycles. The molecule has 3 aromatic rings. The predicted molar refractivity (Wildman–Crippen MR) is 109 cm³/mol. The van der Waals surface area contributed by atoms with Crippen LogP contribution in [-0.4, -0.2) is 47.6 Å². The molecule has 0 bridgehead atoms. The first-order chi connectivity index (χ1) is 13.7. The molecule has 1 atom stereocenters. The molecule has 0 saturated carbocycles. The van der Waals surface area contributed by atoms with E-state index in [0.29, 0.717) is 19.0 Å². The largest absolute Gasteiger partial charge is 0.497 e. The van der Waals surface area contributed by atoms with Crippen LogP contribution in [0, 0.1) is 5.92 Å². The summed E-state index contributed by atoms with van der Waals surface area (Å²) in [5, 5.41) is 4.24. The minimum atomic E-state index is -0.0272. The lowest BCUT2D eigenvalue weighted by molar-refractivity contribution is -0.125. The number of amides is 1. The fourth-order valence-corrected chi connectivity index (χ4v) is 3.78. The first-order valence-electron chi connectivity index (χ1n) is 9.68. The van der Waals surface area contributed by atoms with Gasteiger partial charge in [-0.25, -0.2) is 9.97 Å². The van der Waals surface area contributed by atoms with Crippen LogP contribution < -0.4 is 15.0 Å². The summed E-state index contributed by atoms with van der Waals surface area (Å²) in [6, 6.07) is 7.79. The van der Waals surface area contributed by atoms with E-state index < -0.39 is 0 Å². The number of piperidine rings is 1. The van der Waals surface area contributed by atoms with Gasteiger partial charge >= 0.3 is 0 Å². The van der Waals surface area contributed by atoms with Crippen molar-refractivity contribution in [3.63, 3.8) is 0 Å². The molecule has 1 fully saturated rings. The summed E-state index contributed by atoms with van der Waals surface area (Å²) in [4.78, 5) is 26.6. The van der Waals surface area contributed by atoms with Crippen molar-refractivity contribution < 1.29 is 9.53 Å².